The molecule has 0 saturated carbocycles. The highest BCUT2D eigenvalue weighted by Crippen LogP contribution is 2.51. The number of hydrogen-bond acceptors (Lipinski definition) is 3. The number of halogens is 10. The van der Waals surface area contributed by atoms with Crippen molar-refractivity contribution in [2.75, 3.05) is 0 Å². The molecule has 0 aliphatic heterocycles. The van der Waals surface area contributed by atoms with Gasteiger partial charge >= 0.3 is 29.2 Å². The minimum absolute atomic E-state index is 0.118. The molecule has 1 heterocycles. The van der Waals surface area contributed by atoms with Crippen LogP contribution in [0, 0.1) is 0 Å². The van der Waals surface area contributed by atoms with Crippen molar-refractivity contribution < 1.29 is 43.9 Å². The van der Waals surface area contributed by atoms with E-state index in [1.54, 1.807) is 0 Å². The first kappa shape index (κ1) is 23.8. The molecule has 0 unspecified atom stereocenters. The first-order valence-corrected chi connectivity index (χ1v) is 8.24. The predicted octanol–water partition coefficient (Wildman–Crippen LogP) is 4.44. The molecule has 0 fully saturated rings. The Kier molecular flexibility index (Phi) is 5.84. The summed E-state index contributed by atoms with van der Waals surface area (Å²) in [5, 5.41) is 0. The van der Waals surface area contributed by atoms with Crippen molar-refractivity contribution in [3.63, 3.8) is 0 Å². The summed E-state index contributed by atoms with van der Waals surface area (Å²) in [5.41, 5.74) is -10.7. The van der Waals surface area contributed by atoms with Gasteiger partial charge in [-0.15, -0.1) is 0 Å². The Bertz CT molecular complexity index is 1050. The molecule has 15 heteroatoms. The van der Waals surface area contributed by atoms with E-state index in [1.165, 1.54) is 0 Å². The van der Waals surface area contributed by atoms with E-state index in [9.17, 15) is 53.5 Å². The minimum Gasteiger partial charge on any atom is -0.294 e. The highest BCUT2D eigenvalue weighted by Gasteiger charge is 2.74. The van der Waals surface area contributed by atoms with Gasteiger partial charge in [-0.05, 0) is 36.0 Å². The van der Waals surface area contributed by atoms with Gasteiger partial charge < -0.3 is 0 Å². The van der Waals surface area contributed by atoms with E-state index in [4.69, 9.17) is 0 Å². The molecule has 0 saturated heterocycles. The molecule has 1 aromatic heterocycles. The van der Waals surface area contributed by atoms with Gasteiger partial charge in [-0.1, -0.05) is 0 Å². The molecule has 0 aliphatic carbocycles. The molecule has 0 spiro atoms. The van der Waals surface area contributed by atoms with Crippen LogP contribution in [0.5, 0.6) is 0 Å². The van der Waals surface area contributed by atoms with Crippen LogP contribution in [-0.4, -0.2) is 26.7 Å². The lowest BCUT2D eigenvalue weighted by Crippen LogP contribution is -2.53. The zero-order valence-electron chi connectivity index (χ0n) is 14.3. The second-order valence-corrected chi connectivity index (χ2v) is 6.87. The average molecular weight is 470 g/mol. The molecule has 0 aliphatic rings. The maximum absolute atomic E-state index is 13.9. The zero-order chi connectivity index (χ0) is 23.3. The van der Waals surface area contributed by atoms with Crippen LogP contribution in [0.2, 0.25) is 0 Å². The summed E-state index contributed by atoms with van der Waals surface area (Å²) in [6.45, 7) is 0. The maximum atomic E-state index is 13.9. The lowest BCUT2D eigenvalue weighted by Gasteiger charge is -2.29. The van der Waals surface area contributed by atoms with E-state index < -0.39 is 57.9 Å². The van der Waals surface area contributed by atoms with Crippen LogP contribution in [0.3, 0.4) is 0 Å². The summed E-state index contributed by atoms with van der Waals surface area (Å²) >= 11 is -0.533. The van der Waals surface area contributed by atoms with Gasteiger partial charge in [0.05, 0.1) is 5.69 Å². The SMILES string of the molecule is Cn1c(C(F)(F)C(F)(F)C(F)(F)F)cc(=O)n(-c2ccc(SC(F)(F)F)cc2)c1=O. The Morgan fingerprint density at radius 1 is 0.833 bits per heavy atom. The second kappa shape index (κ2) is 7.35. The van der Waals surface area contributed by atoms with Gasteiger partial charge in [-0.2, -0.15) is 43.9 Å². The average Bonchev–Trinajstić information content (AvgIpc) is 2.57. The van der Waals surface area contributed by atoms with Crippen molar-refractivity contribution in [3.05, 3.63) is 56.9 Å². The van der Waals surface area contributed by atoms with Crippen molar-refractivity contribution in [3.8, 4) is 5.69 Å². The van der Waals surface area contributed by atoms with Gasteiger partial charge in [0.15, 0.2) is 0 Å². The summed E-state index contributed by atoms with van der Waals surface area (Å²) in [7, 11) is 0.432. The molecule has 0 bridgehead atoms. The fraction of sp³-hybridized carbons (Fsp3) is 0.333. The Balaban J connectivity index is 2.60. The summed E-state index contributed by atoms with van der Waals surface area (Å²) in [5.74, 6) is -12.6. The first-order valence-electron chi connectivity index (χ1n) is 7.42. The second-order valence-electron chi connectivity index (χ2n) is 5.73. The third-order valence-corrected chi connectivity index (χ3v) is 4.46. The van der Waals surface area contributed by atoms with Crippen LogP contribution in [-0.2, 0) is 13.0 Å². The molecule has 1 aromatic carbocycles. The summed E-state index contributed by atoms with van der Waals surface area (Å²) in [4.78, 5) is 23.9. The van der Waals surface area contributed by atoms with Crippen LogP contribution in [0.1, 0.15) is 5.69 Å². The predicted molar refractivity (Wildman–Crippen MR) is 84.1 cm³/mol. The molecular formula is C15H8F10N2O2S. The number of benzene rings is 1. The largest absolute Gasteiger partial charge is 0.460 e. The molecule has 0 N–H and O–H groups in total. The Morgan fingerprint density at radius 2 is 1.33 bits per heavy atom. The summed E-state index contributed by atoms with van der Waals surface area (Å²) < 4.78 is 128. The van der Waals surface area contributed by atoms with Crippen LogP contribution in [0.25, 0.3) is 5.69 Å². The molecule has 0 amide bonds. The van der Waals surface area contributed by atoms with Gasteiger partial charge in [0.1, 0.15) is 5.69 Å². The van der Waals surface area contributed by atoms with Crippen LogP contribution in [0.4, 0.5) is 43.9 Å². The molecule has 2 aromatic rings. The summed E-state index contributed by atoms with van der Waals surface area (Å²) in [6, 6.07) is 3.05. The van der Waals surface area contributed by atoms with Gasteiger partial charge in [0.2, 0.25) is 0 Å². The minimum atomic E-state index is -6.69. The Morgan fingerprint density at radius 3 is 1.77 bits per heavy atom. The molecule has 2 rings (SSSR count). The van der Waals surface area contributed by atoms with Crippen molar-refractivity contribution in [2.24, 2.45) is 7.05 Å². The normalized spacial score (nSPS) is 13.6. The molecular weight excluding hydrogens is 462 g/mol. The van der Waals surface area contributed by atoms with Crippen molar-refractivity contribution in [2.45, 2.75) is 28.4 Å². The van der Waals surface area contributed by atoms with Crippen LogP contribution in [0.15, 0.2) is 44.8 Å². The maximum Gasteiger partial charge on any atom is 0.460 e. The van der Waals surface area contributed by atoms with Crippen molar-refractivity contribution in [1.82, 2.24) is 9.13 Å². The highest BCUT2D eigenvalue weighted by atomic mass is 32.2. The molecule has 30 heavy (non-hydrogen) atoms. The lowest BCUT2D eigenvalue weighted by molar-refractivity contribution is -0.361. The van der Waals surface area contributed by atoms with Crippen LogP contribution < -0.4 is 11.2 Å². The van der Waals surface area contributed by atoms with Crippen molar-refractivity contribution in [1.29, 1.82) is 0 Å². The number of aromatic nitrogens is 2. The van der Waals surface area contributed by atoms with E-state index in [0.717, 1.165) is 24.3 Å². The topological polar surface area (TPSA) is 44.0 Å². The lowest BCUT2D eigenvalue weighted by atomic mass is 10.1. The van der Waals surface area contributed by atoms with E-state index >= 15 is 0 Å². The standard InChI is InChI=1S/C15H8F10N2O2S/c1-26-9(12(16,17)13(18,19)14(20,21)22)6-10(28)27(11(26)29)7-2-4-8(5-3-7)30-15(23,24)25/h2-6H,1H3. The molecule has 0 radical (unpaired) electrons. The molecule has 166 valence electrons. The first-order chi connectivity index (χ1) is 13.4. The fourth-order valence-electron chi connectivity index (χ4n) is 2.30. The van der Waals surface area contributed by atoms with Gasteiger partial charge in [-0.3, -0.25) is 9.36 Å². The third kappa shape index (κ3) is 4.20. The zero-order valence-corrected chi connectivity index (χ0v) is 15.1. The number of alkyl halides is 10. The molecule has 0 atom stereocenters. The molecule has 4 nitrogen and oxygen atoms in total. The van der Waals surface area contributed by atoms with E-state index in [0.29, 0.717) is 7.05 Å². The van der Waals surface area contributed by atoms with E-state index in [1.807, 2.05) is 0 Å². The Labute approximate surface area is 163 Å². The van der Waals surface area contributed by atoms with Gasteiger partial charge in [-0.25, -0.2) is 9.36 Å². The third-order valence-electron chi connectivity index (χ3n) is 3.72. The van der Waals surface area contributed by atoms with Gasteiger partial charge in [0, 0.05) is 18.0 Å². The highest BCUT2D eigenvalue weighted by molar-refractivity contribution is 8.00. The van der Waals surface area contributed by atoms with Crippen LogP contribution >= 0.6 is 11.8 Å². The number of nitrogens with zero attached hydrogens (tertiary/aromatic N) is 2. The van der Waals surface area contributed by atoms with E-state index in [2.05, 4.69) is 0 Å². The van der Waals surface area contributed by atoms with Crippen molar-refractivity contribution >= 4 is 11.8 Å². The number of thioether (sulfide) groups is 1. The fourth-order valence-corrected chi connectivity index (χ4v) is 2.84. The smallest absolute Gasteiger partial charge is 0.294 e. The quantitative estimate of drug-likeness (QED) is 0.491. The monoisotopic (exact) mass is 470 g/mol. The van der Waals surface area contributed by atoms with E-state index in [-0.39, 0.29) is 20.1 Å². The number of hydrogen-bond donors (Lipinski definition) is 0. The number of rotatable bonds is 4. The Hall–Kier alpha value is -2.45. The van der Waals surface area contributed by atoms with Gasteiger partial charge in [0.25, 0.3) is 5.56 Å². The summed E-state index contributed by atoms with van der Waals surface area (Å²) in [6.07, 6.45) is -6.69.